The molecular formula is C16H10F2N2S3. The van der Waals surface area contributed by atoms with E-state index < -0.39 is 11.6 Å². The average Bonchev–Trinajstić information content (AvgIpc) is 3.23. The molecule has 3 aromatic heterocycles. The molecule has 0 saturated carbocycles. The summed E-state index contributed by atoms with van der Waals surface area (Å²) in [4.78, 5) is 3.42. The van der Waals surface area contributed by atoms with Crippen LogP contribution in [-0.4, -0.2) is 8.75 Å². The minimum atomic E-state index is -0.854. The Morgan fingerprint density at radius 2 is 1.17 bits per heavy atom. The zero-order valence-electron chi connectivity index (χ0n) is 12.2. The van der Waals surface area contributed by atoms with Gasteiger partial charge in [-0.2, -0.15) is 8.75 Å². The van der Waals surface area contributed by atoms with Crippen molar-refractivity contribution in [1.82, 2.24) is 8.75 Å². The average molecular weight is 364 g/mol. The molecule has 0 aliphatic rings. The molecule has 0 N–H and O–H groups in total. The first kappa shape index (κ1) is 14.9. The van der Waals surface area contributed by atoms with Crippen molar-refractivity contribution in [2.75, 3.05) is 0 Å². The fraction of sp³-hybridized carbons (Fsp3) is 0.125. The van der Waals surface area contributed by atoms with E-state index in [9.17, 15) is 8.78 Å². The summed E-state index contributed by atoms with van der Waals surface area (Å²) in [6, 6.07) is 7.37. The number of aryl methyl sites for hydroxylation is 2. The summed E-state index contributed by atoms with van der Waals surface area (Å²) >= 11 is 3.82. The Hall–Kier alpha value is -1.70. The summed E-state index contributed by atoms with van der Waals surface area (Å²) in [7, 11) is 0. The van der Waals surface area contributed by atoms with Crippen molar-refractivity contribution < 1.29 is 8.78 Å². The molecule has 7 heteroatoms. The highest BCUT2D eigenvalue weighted by molar-refractivity contribution is 7.16. The molecular weight excluding hydrogens is 354 g/mol. The van der Waals surface area contributed by atoms with E-state index in [2.05, 4.69) is 8.75 Å². The standard InChI is InChI=1S/C16H10F2N2S3/c1-7-3-5-9(21-7)11-13(17)14(18)12(10-6-4-8(2)22-10)16-15(11)19-23-20-16/h3-6H,1-2H3. The van der Waals surface area contributed by atoms with Crippen LogP contribution in [0.2, 0.25) is 0 Å². The third-order valence-corrected chi connectivity index (χ3v) is 6.13. The minimum Gasteiger partial charge on any atom is -0.203 e. The van der Waals surface area contributed by atoms with Crippen molar-refractivity contribution in [3.63, 3.8) is 0 Å². The third-order valence-electron chi connectivity index (χ3n) is 3.57. The van der Waals surface area contributed by atoms with Crippen molar-refractivity contribution >= 4 is 45.4 Å². The van der Waals surface area contributed by atoms with Crippen molar-refractivity contribution in [3.05, 3.63) is 45.7 Å². The van der Waals surface area contributed by atoms with Gasteiger partial charge in [0.2, 0.25) is 0 Å². The number of halogens is 2. The maximum atomic E-state index is 14.8. The number of hydrogen-bond donors (Lipinski definition) is 0. The second kappa shape index (κ2) is 5.43. The molecule has 23 heavy (non-hydrogen) atoms. The molecule has 4 aromatic rings. The van der Waals surface area contributed by atoms with Gasteiger partial charge in [0.1, 0.15) is 11.0 Å². The highest BCUT2D eigenvalue weighted by atomic mass is 32.1. The predicted molar refractivity (Wildman–Crippen MR) is 93.4 cm³/mol. The van der Waals surface area contributed by atoms with Crippen molar-refractivity contribution in [2.24, 2.45) is 0 Å². The SMILES string of the molecule is Cc1ccc(-c2c(F)c(F)c(-c3ccc(C)s3)c3nsnc23)s1. The summed E-state index contributed by atoms with van der Waals surface area (Å²) in [6.07, 6.45) is 0. The first-order valence-corrected chi connectivity index (χ1v) is 9.19. The predicted octanol–water partition coefficient (Wildman–Crippen LogP) is 6.04. The Balaban J connectivity index is 2.09. The maximum Gasteiger partial charge on any atom is 0.170 e. The van der Waals surface area contributed by atoms with E-state index in [4.69, 9.17) is 0 Å². The molecule has 0 spiro atoms. The highest BCUT2D eigenvalue weighted by Gasteiger charge is 2.26. The van der Waals surface area contributed by atoms with Gasteiger partial charge in [-0.15, -0.1) is 22.7 Å². The van der Waals surface area contributed by atoms with Gasteiger partial charge >= 0.3 is 0 Å². The number of hydrogen-bond acceptors (Lipinski definition) is 5. The fourth-order valence-electron chi connectivity index (χ4n) is 2.53. The zero-order valence-corrected chi connectivity index (χ0v) is 14.6. The van der Waals surface area contributed by atoms with Gasteiger partial charge in [0.05, 0.1) is 22.9 Å². The number of aromatic nitrogens is 2. The van der Waals surface area contributed by atoms with E-state index in [1.807, 2.05) is 26.0 Å². The van der Waals surface area contributed by atoms with E-state index in [1.165, 1.54) is 22.7 Å². The summed E-state index contributed by atoms with van der Waals surface area (Å²) in [5, 5.41) is 0. The molecule has 0 atom stereocenters. The molecule has 0 aliphatic heterocycles. The molecule has 0 aliphatic carbocycles. The second-order valence-corrected chi connectivity index (χ2v) is 8.26. The summed E-state index contributed by atoms with van der Waals surface area (Å²) in [5.74, 6) is -1.71. The van der Waals surface area contributed by atoms with Crippen molar-refractivity contribution in [2.45, 2.75) is 13.8 Å². The first-order valence-electron chi connectivity index (χ1n) is 6.83. The van der Waals surface area contributed by atoms with Gasteiger partial charge < -0.3 is 0 Å². The molecule has 0 radical (unpaired) electrons. The minimum absolute atomic E-state index is 0.210. The monoisotopic (exact) mass is 364 g/mol. The summed E-state index contributed by atoms with van der Waals surface area (Å²) in [5.41, 5.74) is 1.27. The molecule has 0 amide bonds. The number of rotatable bonds is 2. The van der Waals surface area contributed by atoms with Crippen LogP contribution in [0.25, 0.3) is 31.9 Å². The van der Waals surface area contributed by atoms with Gasteiger partial charge in [-0.25, -0.2) is 8.78 Å². The summed E-state index contributed by atoms with van der Waals surface area (Å²) < 4.78 is 38.1. The lowest BCUT2D eigenvalue weighted by Gasteiger charge is -2.08. The second-order valence-electron chi connectivity index (χ2n) is 5.16. The van der Waals surface area contributed by atoms with Crippen molar-refractivity contribution in [3.8, 4) is 20.9 Å². The molecule has 4 rings (SSSR count). The Morgan fingerprint density at radius 3 is 1.52 bits per heavy atom. The molecule has 1 aromatic carbocycles. The quantitative estimate of drug-likeness (QED) is 0.433. The van der Waals surface area contributed by atoms with Crippen LogP contribution in [0.5, 0.6) is 0 Å². The fourth-order valence-corrected chi connectivity index (χ4v) is 4.91. The number of fused-ring (bicyclic) bond motifs is 1. The lowest BCUT2D eigenvalue weighted by Crippen LogP contribution is -1.95. The van der Waals surface area contributed by atoms with Crippen LogP contribution in [-0.2, 0) is 0 Å². The molecule has 116 valence electrons. The van der Waals surface area contributed by atoms with Gasteiger partial charge in [-0.3, -0.25) is 0 Å². The van der Waals surface area contributed by atoms with Crippen LogP contribution in [0.3, 0.4) is 0 Å². The number of thiophene rings is 2. The van der Waals surface area contributed by atoms with E-state index >= 15 is 0 Å². The van der Waals surface area contributed by atoms with Crippen LogP contribution in [0.4, 0.5) is 8.78 Å². The van der Waals surface area contributed by atoms with Gasteiger partial charge in [-0.05, 0) is 38.1 Å². The van der Waals surface area contributed by atoms with Crippen LogP contribution in [0.15, 0.2) is 24.3 Å². The number of nitrogens with zero attached hydrogens (tertiary/aromatic N) is 2. The van der Waals surface area contributed by atoms with Crippen LogP contribution >= 0.6 is 34.4 Å². The van der Waals surface area contributed by atoms with E-state index in [0.29, 0.717) is 20.8 Å². The van der Waals surface area contributed by atoms with E-state index in [0.717, 1.165) is 21.5 Å². The van der Waals surface area contributed by atoms with Crippen LogP contribution in [0.1, 0.15) is 9.75 Å². The molecule has 0 saturated heterocycles. The molecule has 0 bridgehead atoms. The molecule has 2 nitrogen and oxygen atoms in total. The van der Waals surface area contributed by atoms with Crippen LogP contribution in [0, 0.1) is 25.5 Å². The van der Waals surface area contributed by atoms with Gasteiger partial charge in [0.25, 0.3) is 0 Å². The summed E-state index contributed by atoms with van der Waals surface area (Å²) in [6.45, 7) is 3.86. The Kier molecular flexibility index (Phi) is 3.51. The largest absolute Gasteiger partial charge is 0.203 e. The zero-order chi connectivity index (χ0) is 16.1. The lowest BCUT2D eigenvalue weighted by molar-refractivity contribution is 0.516. The lowest BCUT2D eigenvalue weighted by atomic mass is 10.0. The van der Waals surface area contributed by atoms with Crippen molar-refractivity contribution in [1.29, 1.82) is 0 Å². The smallest absolute Gasteiger partial charge is 0.170 e. The Morgan fingerprint density at radius 1 is 0.739 bits per heavy atom. The van der Waals surface area contributed by atoms with Crippen LogP contribution < -0.4 is 0 Å². The maximum absolute atomic E-state index is 14.8. The first-order chi connectivity index (χ1) is 11.1. The van der Waals surface area contributed by atoms with E-state index in [-0.39, 0.29) is 11.1 Å². The van der Waals surface area contributed by atoms with Gasteiger partial charge in [-0.1, -0.05) is 0 Å². The molecule has 0 unspecified atom stereocenters. The molecule has 0 fully saturated rings. The third kappa shape index (κ3) is 2.31. The van der Waals surface area contributed by atoms with E-state index in [1.54, 1.807) is 12.1 Å². The normalized spacial score (nSPS) is 11.5. The Bertz CT molecular complexity index is 949. The molecule has 3 heterocycles. The highest BCUT2D eigenvalue weighted by Crippen LogP contribution is 2.42. The van der Waals surface area contributed by atoms with Gasteiger partial charge in [0, 0.05) is 19.5 Å². The van der Waals surface area contributed by atoms with Gasteiger partial charge in [0.15, 0.2) is 11.6 Å². The number of benzene rings is 1. The Labute approximate surface area is 143 Å². The topological polar surface area (TPSA) is 25.8 Å².